The summed E-state index contributed by atoms with van der Waals surface area (Å²) in [5.41, 5.74) is 0.486. The summed E-state index contributed by atoms with van der Waals surface area (Å²) in [6.07, 6.45) is 0.560. The lowest BCUT2D eigenvalue weighted by atomic mass is 10.0. The third-order valence-electron chi connectivity index (χ3n) is 2.08. The van der Waals surface area contributed by atoms with Crippen LogP contribution in [0.15, 0.2) is 18.2 Å². The summed E-state index contributed by atoms with van der Waals surface area (Å²) in [5, 5.41) is 18.9. The van der Waals surface area contributed by atoms with Gasteiger partial charge < -0.3 is 5.11 Å². The summed E-state index contributed by atoms with van der Waals surface area (Å²) in [6, 6.07) is 3.80. The van der Waals surface area contributed by atoms with Gasteiger partial charge in [0.15, 0.2) is 6.29 Å². The Kier molecular flexibility index (Phi) is 3.71. The minimum atomic E-state index is -0.977. The highest BCUT2D eigenvalue weighted by molar-refractivity contribution is 5.79. The standard InChI is InChI=1S/C10H9NO5/c12-6-8-5-9(11(15)16)3-1-7(8)2-4-10(13)14/h1,3,5-6H,2,4H2,(H,13,14). The number of nitro groups is 1. The van der Waals surface area contributed by atoms with Crippen molar-refractivity contribution in [2.75, 3.05) is 0 Å². The zero-order valence-electron chi connectivity index (χ0n) is 8.25. The zero-order chi connectivity index (χ0) is 12.1. The van der Waals surface area contributed by atoms with Crippen molar-refractivity contribution in [1.82, 2.24) is 0 Å². The SMILES string of the molecule is O=Cc1cc([N+](=O)[O-])ccc1CCC(=O)O. The van der Waals surface area contributed by atoms with Gasteiger partial charge in [0.1, 0.15) is 0 Å². The minimum absolute atomic E-state index is 0.112. The highest BCUT2D eigenvalue weighted by atomic mass is 16.6. The summed E-state index contributed by atoms with van der Waals surface area (Å²) in [4.78, 5) is 30.9. The largest absolute Gasteiger partial charge is 0.481 e. The molecule has 1 N–H and O–H groups in total. The Labute approximate surface area is 90.7 Å². The Bertz CT molecular complexity index is 441. The van der Waals surface area contributed by atoms with Crippen LogP contribution >= 0.6 is 0 Å². The number of rotatable bonds is 5. The van der Waals surface area contributed by atoms with Gasteiger partial charge in [-0.15, -0.1) is 0 Å². The van der Waals surface area contributed by atoms with Crippen molar-refractivity contribution in [3.05, 3.63) is 39.4 Å². The maximum Gasteiger partial charge on any atom is 0.303 e. The Morgan fingerprint density at radius 1 is 1.50 bits per heavy atom. The molecule has 0 atom stereocenters. The molecule has 0 radical (unpaired) electrons. The van der Waals surface area contributed by atoms with Gasteiger partial charge in [-0.1, -0.05) is 6.07 Å². The van der Waals surface area contributed by atoms with E-state index in [0.29, 0.717) is 11.8 Å². The van der Waals surface area contributed by atoms with E-state index in [1.54, 1.807) is 0 Å². The average Bonchev–Trinajstić information content (AvgIpc) is 2.25. The second kappa shape index (κ2) is 5.01. The maximum atomic E-state index is 10.7. The van der Waals surface area contributed by atoms with Crippen LogP contribution in [0.1, 0.15) is 22.3 Å². The van der Waals surface area contributed by atoms with Crippen LogP contribution in [0.3, 0.4) is 0 Å². The Hall–Kier alpha value is -2.24. The number of hydrogen-bond donors (Lipinski definition) is 1. The van der Waals surface area contributed by atoms with Gasteiger partial charge in [0.2, 0.25) is 0 Å². The minimum Gasteiger partial charge on any atom is -0.481 e. The van der Waals surface area contributed by atoms with E-state index >= 15 is 0 Å². The molecule has 6 heteroatoms. The molecule has 0 bridgehead atoms. The number of hydrogen-bond acceptors (Lipinski definition) is 4. The van der Waals surface area contributed by atoms with Crippen molar-refractivity contribution >= 4 is 17.9 Å². The van der Waals surface area contributed by atoms with Crippen molar-refractivity contribution in [1.29, 1.82) is 0 Å². The van der Waals surface area contributed by atoms with Crippen molar-refractivity contribution in [2.24, 2.45) is 0 Å². The molecule has 0 aliphatic carbocycles. The number of aryl methyl sites for hydroxylation is 1. The molecule has 1 aromatic carbocycles. The predicted octanol–water partition coefficient (Wildman–Crippen LogP) is 1.42. The van der Waals surface area contributed by atoms with Crippen molar-refractivity contribution in [3.63, 3.8) is 0 Å². The monoisotopic (exact) mass is 223 g/mol. The van der Waals surface area contributed by atoms with Crippen LogP contribution in [-0.4, -0.2) is 22.3 Å². The van der Waals surface area contributed by atoms with Gasteiger partial charge in [0, 0.05) is 24.1 Å². The summed E-state index contributed by atoms with van der Waals surface area (Å²) in [5.74, 6) is -0.977. The molecule has 1 aromatic rings. The number of aldehydes is 1. The fourth-order valence-electron chi connectivity index (χ4n) is 1.27. The summed E-state index contributed by atoms with van der Waals surface area (Å²) < 4.78 is 0. The molecule has 0 aliphatic heterocycles. The highest BCUT2D eigenvalue weighted by Crippen LogP contribution is 2.17. The molecule has 0 heterocycles. The number of non-ortho nitro benzene ring substituents is 1. The summed E-state index contributed by atoms with van der Waals surface area (Å²) in [6.45, 7) is 0. The van der Waals surface area contributed by atoms with E-state index in [9.17, 15) is 19.7 Å². The first-order valence-corrected chi connectivity index (χ1v) is 4.49. The van der Waals surface area contributed by atoms with E-state index in [1.807, 2.05) is 0 Å². The van der Waals surface area contributed by atoms with Crippen molar-refractivity contribution < 1.29 is 19.6 Å². The molecule has 0 unspecified atom stereocenters. The molecule has 0 fully saturated rings. The fraction of sp³-hybridized carbons (Fsp3) is 0.200. The van der Waals surface area contributed by atoms with Gasteiger partial charge in [-0.25, -0.2) is 0 Å². The van der Waals surface area contributed by atoms with E-state index in [2.05, 4.69) is 0 Å². The molecule has 84 valence electrons. The van der Waals surface area contributed by atoms with Crippen LogP contribution in [0.2, 0.25) is 0 Å². The third-order valence-corrected chi connectivity index (χ3v) is 2.08. The lowest BCUT2D eigenvalue weighted by Gasteiger charge is -2.02. The highest BCUT2D eigenvalue weighted by Gasteiger charge is 2.11. The number of benzene rings is 1. The average molecular weight is 223 g/mol. The van der Waals surface area contributed by atoms with Crippen LogP contribution in [0.5, 0.6) is 0 Å². The first-order chi connectivity index (χ1) is 7.54. The molecule has 0 saturated carbocycles. The van der Waals surface area contributed by atoms with E-state index in [1.165, 1.54) is 12.1 Å². The van der Waals surface area contributed by atoms with Gasteiger partial charge in [-0.3, -0.25) is 19.7 Å². The maximum absolute atomic E-state index is 10.7. The normalized spacial score (nSPS) is 9.75. The molecular formula is C10H9NO5. The molecule has 0 aromatic heterocycles. The first-order valence-electron chi connectivity index (χ1n) is 4.49. The van der Waals surface area contributed by atoms with Gasteiger partial charge in [0.05, 0.1) is 4.92 Å². The molecule has 0 saturated heterocycles. The second-order valence-electron chi connectivity index (χ2n) is 3.15. The number of aliphatic carboxylic acids is 1. The van der Waals surface area contributed by atoms with Crippen LogP contribution in [0, 0.1) is 10.1 Å². The molecular weight excluding hydrogens is 214 g/mol. The van der Waals surface area contributed by atoms with Gasteiger partial charge in [-0.05, 0) is 12.0 Å². The smallest absolute Gasteiger partial charge is 0.303 e. The van der Waals surface area contributed by atoms with Crippen LogP contribution in [0.4, 0.5) is 5.69 Å². The fourth-order valence-corrected chi connectivity index (χ4v) is 1.27. The first kappa shape index (κ1) is 11.8. The third kappa shape index (κ3) is 2.88. The zero-order valence-corrected chi connectivity index (χ0v) is 8.25. The number of nitro benzene ring substituents is 1. The quantitative estimate of drug-likeness (QED) is 0.462. The van der Waals surface area contributed by atoms with Crippen LogP contribution in [-0.2, 0) is 11.2 Å². The Morgan fingerprint density at radius 2 is 2.19 bits per heavy atom. The molecule has 0 aliphatic rings. The van der Waals surface area contributed by atoms with E-state index < -0.39 is 10.9 Å². The van der Waals surface area contributed by atoms with E-state index in [4.69, 9.17) is 5.11 Å². The number of carboxylic acids is 1. The number of carbonyl (C=O) groups is 2. The van der Waals surface area contributed by atoms with Gasteiger partial charge in [0.25, 0.3) is 5.69 Å². The molecule has 0 amide bonds. The Balaban J connectivity index is 2.97. The predicted molar refractivity (Wildman–Crippen MR) is 54.4 cm³/mol. The number of carboxylic acid groups (broad SMARTS) is 1. The van der Waals surface area contributed by atoms with Gasteiger partial charge >= 0.3 is 5.97 Å². The summed E-state index contributed by atoms with van der Waals surface area (Å²) >= 11 is 0. The van der Waals surface area contributed by atoms with E-state index in [0.717, 1.165) is 6.07 Å². The Morgan fingerprint density at radius 3 is 2.69 bits per heavy atom. The summed E-state index contributed by atoms with van der Waals surface area (Å²) in [7, 11) is 0. The molecule has 0 spiro atoms. The van der Waals surface area contributed by atoms with E-state index in [-0.39, 0.29) is 24.1 Å². The second-order valence-corrected chi connectivity index (χ2v) is 3.15. The molecule has 16 heavy (non-hydrogen) atoms. The topological polar surface area (TPSA) is 97.5 Å². The lowest BCUT2D eigenvalue weighted by Crippen LogP contribution is -2.01. The molecule has 1 rings (SSSR count). The molecule has 6 nitrogen and oxygen atoms in total. The lowest BCUT2D eigenvalue weighted by molar-refractivity contribution is -0.384. The van der Waals surface area contributed by atoms with Crippen molar-refractivity contribution in [3.8, 4) is 0 Å². The van der Waals surface area contributed by atoms with Crippen LogP contribution < -0.4 is 0 Å². The number of nitrogens with zero attached hydrogens (tertiary/aromatic N) is 1. The van der Waals surface area contributed by atoms with Crippen LogP contribution in [0.25, 0.3) is 0 Å². The number of carbonyl (C=O) groups excluding carboxylic acids is 1. The van der Waals surface area contributed by atoms with Gasteiger partial charge in [-0.2, -0.15) is 0 Å². The van der Waals surface area contributed by atoms with Crippen molar-refractivity contribution in [2.45, 2.75) is 12.8 Å².